The van der Waals surface area contributed by atoms with Crippen molar-refractivity contribution in [1.82, 2.24) is 15.5 Å². The number of nitrogens with zero attached hydrogens (tertiary/aromatic N) is 2. The second-order valence-corrected chi connectivity index (χ2v) is 3.80. The van der Waals surface area contributed by atoms with Crippen LogP contribution in [-0.4, -0.2) is 62.5 Å². The van der Waals surface area contributed by atoms with Crippen LogP contribution in [0.4, 0.5) is 0 Å². The highest BCUT2D eigenvalue weighted by Crippen LogP contribution is 1.81. The summed E-state index contributed by atoms with van der Waals surface area (Å²) in [4.78, 5) is 13.0. The molecule has 0 aliphatic rings. The smallest absolute Gasteiger partial charge is 0.265 e. The predicted octanol–water partition coefficient (Wildman–Crippen LogP) is -0.506. The molecule has 0 heterocycles. The number of oxime groups is 1. The summed E-state index contributed by atoms with van der Waals surface area (Å²) >= 11 is 0. The van der Waals surface area contributed by atoms with E-state index >= 15 is 0 Å². The Kier molecular flexibility index (Phi) is 9.64. The van der Waals surface area contributed by atoms with Crippen molar-refractivity contribution in [2.45, 2.75) is 12.8 Å². The lowest BCUT2D eigenvalue weighted by atomic mass is 10.3. The topological polar surface area (TPSA) is 77.0 Å². The van der Waals surface area contributed by atoms with Gasteiger partial charge in [0.1, 0.15) is 6.21 Å². The minimum Gasteiger partial charge on any atom is -0.411 e. The zero-order valence-electron chi connectivity index (χ0n) is 10.1. The SMILES string of the molecule is CN(C)CCCNCCCNC(=O)C=NO. The van der Waals surface area contributed by atoms with Gasteiger partial charge in [-0.2, -0.15) is 0 Å². The Hall–Kier alpha value is -1.14. The first-order valence-electron chi connectivity index (χ1n) is 5.47. The van der Waals surface area contributed by atoms with E-state index in [1.165, 1.54) is 0 Å². The van der Waals surface area contributed by atoms with Gasteiger partial charge in [0.15, 0.2) is 0 Å². The van der Waals surface area contributed by atoms with Gasteiger partial charge in [-0.15, -0.1) is 0 Å². The lowest BCUT2D eigenvalue weighted by Gasteiger charge is -2.09. The van der Waals surface area contributed by atoms with Crippen LogP contribution >= 0.6 is 0 Å². The van der Waals surface area contributed by atoms with Crippen LogP contribution in [0.5, 0.6) is 0 Å². The normalized spacial score (nSPS) is 11.2. The van der Waals surface area contributed by atoms with E-state index in [1.807, 2.05) is 0 Å². The van der Waals surface area contributed by atoms with Gasteiger partial charge in [-0.1, -0.05) is 5.16 Å². The molecule has 0 atom stereocenters. The fourth-order valence-corrected chi connectivity index (χ4v) is 1.17. The molecule has 0 fully saturated rings. The molecule has 3 N–H and O–H groups in total. The van der Waals surface area contributed by atoms with Crippen LogP contribution in [0, 0.1) is 0 Å². The number of hydrogen-bond acceptors (Lipinski definition) is 5. The Morgan fingerprint density at radius 2 is 2.00 bits per heavy atom. The van der Waals surface area contributed by atoms with Crippen LogP contribution in [-0.2, 0) is 4.79 Å². The Balaban J connectivity index is 3.13. The van der Waals surface area contributed by atoms with E-state index in [0.29, 0.717) is 6.54 Å². The molecular weight excluding hydrogens is 208 g/mol. The van der Waals surface area contributed by atoms with Gasteiger partial charge in [-0.3, -0.25) is 4.79 Å². The first kappa shape index (κ1) is 14.9. The van der Waals surface area contributed by atoms with E-state index in [-0.39, 0.29) is 5.91 Å². The second-order valence-electron chi connectivity index (χ2n) is 3.80. The summed E-state index contributed by atoms with van der Waals surface area (Å²) in [6, 6.07) is 0. The number of carbonyl (C=O) groups is 1. The maximum absolute atomic E-state index is 10.8. The Morgan fingerprint density at radius 3 is 2.62 bits per heavy atom. The molecule has 6 nitrogen and oxygen atoms in total. The number of nitrogens with one attached hydrogen (secondary N) is 2. The largest absolute Gasteiger partial charge is 0.411 e. The van der Waals surface area contributed by atoms with Crippen molar-refractivity contribution < 1.29 is 10.0 Å². The van der Waals surface area contributed by atoms with Crippen molar-refractivity contribution >= 4 is 12.1 Å². The Bertz CT molecular complexity index is 207. The van der Waals surface area contributed by atoms with E-state index in [4.69, 9.17) is 5.21 Å². The van der Waals surface area contributed by atoms with Gasteiger partial charge in [-0.05, 0) is 46.6 Å². The zero-order chi connectivity index (χ0) is 12.2. The Labute approximate surface area is 96.7 Å². The lowest BCUT2D eigenvalue weighted by molar-refractivity contribution is -0.114. The highest BCUT2D eigenvalue weighted by molar-refractivity contribution is 6.25. The third-order valence-corrected chi connectivity index (χ3v) is 1.96. The van der Waals surface area contributed by atoms with E-state index < -0.39 is 0 Å². The lowest BCUT2D eigenvalue weighted by Crippen LogP contribution is -2.28. The molecule has 0 bridgehead atoms. The van der Waals surface area contributed by atoms with Gasteiger partial charge in [0, 0.05) is 6.54 Å². The maximum Gasteiger partial charge on any atom is 0.265 e. The zero-order valence-corrected chi connectivity index (χ0v) is 10.1. The number of amides is 1. The van der Waals surface area contributed by atoms with Crippen molar-refractivity contribution in [3.05, 3.63) is 0 Å². The molecule has 0 spiro atoms. The molecule has 0 aromatic heterocycles. The van der Waals surface area contributed by atoms with Crippen molar-refractivity contribution in [2.75, 3.05) is 40.3 Å². The molecule has 16 heavy (non-hydrogen) atoms. The third-order valence-electron chi connectivity index (χ3n) is 1.96. The van der Waals surface area contributed by atoms with Gasteiger partial charge >= 0.3 is 0 Å². The fraction of sp³-hybridized carbons (Fsp3) is 0.800. The molecule has 0 rings (SSSR count). The highest BCUT2D eigenvalue weighted by Gasteiger charge is 1.95. The van der Waals surface area contributed by atoms with Crippen LogP contribution in [0.3, 0.4) is 0 Å². The number of carbonyl (C=O) groups excluding carboxylic acids is 1. The maximum atomic E-state index is 10.8. The summed E-state index contributed by atoms with van der Waals surface area (Å²) in [6.45, 7) is 3.54. The molecule has 6 heteroatoms. The molecule has 0 aromatic rings. The summed E-state index contributed by atoms with van der Waals surface area (Å²) in [5.41, 5.74) is 0. The summed E-state index contributed by atoms with van der Waals surface area (Å²) in [5, 5.41) is 16.6. The monoisotopic (exact) mass is 230 g/mol. The van der Waals surface area contributed by atoms with Crippen molar-refractivity contribution in [3.63, 3.8) is 0 Å². The van der Waals surface area contributed by atoms with Crippen molar-refractivity contribution in [1.29, 1.82) is 0 Å². The van der Waals surface area contributed by atoms with E-state index in [9.17, 15) is 4.79 Å². The van der Waals surface area contributed by atoms with Gasteiger partial charge < -0.3 is 20.7 Å². The van der Waals surface area contributed by atoms with E-state index in [1.54, 1.807) is 0 Å². The predicted molar refractivity (Wildman–Crippen MR) is 63.9 cm³/mol. The van der Waals surface area contributed by atoms with Gasteiger partial charge in [0.2, 0.25) is 0 Å². The molecule has 0 saturated carbocycles. The van der Waals surface area contributed by atoms with Crippen LogP contribution in [0.2, 0.25) is 0 Å². The summed E-state index contributed by atoms with van der Waals surface area (Å²) in [7, 11) is 4.11. The third kappa shape index (κ3) is 10.9. The molecule has 0 aliphatic heterocycles. The van der Waals surface area contributed by atoms with Crippen LogP contribution in [0.1, 0.15) is 12.8 Å². The molecule has 0 aliphatic carbocycles. The minimum atomic E-state index is -0.366. The highest BCUT2D eigenvalue weighted by atomic mass is 16.4. The first-order valence-corrected chi connectivity index (χ1v) is 5.47. The number of rotatable bonds is 9. The average molecular weight is 230 g/mol. The first-order chi connectivity index (χ1) is 7.66. The molecule has 1 amide bonds. The van der Waals surface area contributed by atoms with Gasteiger partial charge in [-0.25, -0.2) is 0 Å². The van der Waals surface area contributed by atoms with Crippen molar-refractivity contribution in [3.8, 4) is 0 Å². The summed E-state index contributed by atoms with van der Waals surface area (Å²) < 4.78 is 0. The minimum absolute atomic E-state index is 0.366. The molecular formula is C10H22N4O2. The van der Waals surface area contributed by atoms with Crippen LogP contribution in [0.15, 0.2) is 5.16 Å². The molecule has 0 saturated heterocycles. The van der Waals surface area contributed by atoms with Crippen LogP contribution < -0.4 is 10.6 Å². The van der Waals surface area contributed by atoms with Gasteiger partial charge in [0.25, 0.3) is 5.91 Å². The number of hydrogen-bond donors (Lipinski definition) is 3. The van der Waals surface area contributed by atoms with Crippen LogP contribution in [0.25, 0.3) is 0 Å². The fourth-order valence-electron chi connectivity index (χ4n) is 1.17. The second kappa shape index (κ2) is 10.4. The van der Waals surface area contributed by atoms with Crippen molar-refractivity contribution in [2.24, 2.45) is 5.16 Å². The molecule has 0 unspecified atom stereocenters. The molecule has 0 radical (unpaired) electrons. The quantitative estimate of drug-likeness (QED) is 0.216. The van der Waals surface area contributed by atoms with Gasteiger partial charge in [0.05, 0.1) is 0 Å². The van der Waals surface area contributed by atoms with E-state index in [2.05, 4.69) is 34.8 Å². The standard InChI is InChI=1S/C10H22N4O2/c1-14(2)8-4-6-11-5-3-7-12-10(15)9-13-16/h9,11,16H,3-8H2,1-2H3,(H,12,15). The van der Waals surface area contributed by atoms with E-state index in [0.717, 1.165) is 38.7 Å². The summed E-state index contributed by atoms with van der Waals surface area (Å²) in [5.74, 6) is -0.366. The average Bonchev–Trinajstić information content (AvgIpc) is 2.22. The molecule has 94 valence electrons. The molecule has 0 aromatic carbocycles. The summed E-state index contributed by atoms with van der Waals surface area (Å²) in [6.07, 6.45) is 2.84. The Morgan fingerprint density at radius 1 is 1.31 bits per heavy atom.